The Morgan fingerprint density at radius 1 is 1.27 bits per heavy atom. The first-order valence-corrected chi connectivity index (χ1v) is 5.28. The van der Waals surface area contributed by atoms with Crippen molar-refractivity contribution in [1.29, 1.82) is 0 Å². The van der Waals surface area contributed by atoms with Crippen LogP contribution in [-0.4, -0.2) is 9.97 Å². The zero-order valence-electron chi connectivity index (χ0n) is 7.42. The number of aromatic nitrogens is 2. The highest BCUT2D eigenvalue weighted by Crippen LogP contribution is 2.24. The van der Waals surface area contributed by atoms with Crippen molar-refractivity contribution in [3.05, 3.63) is 46.0 Å². The van der Waals surface area contributed by atoms with E-state index >= 15 is 0 Å². The summed E-state index contributed by atoms with van der Waals surface area (Å²) >= 11 is 8.90. The van der Waals surface area contributed by atoms with Crippen LogP contribution in [0.25, 0.3) is 11.3 Å². The molecule has 0 aliphatic heterocycles. The van der Waals surface area contributed by atoms with E-state index in [4.69, 9.17) is 11.6 Å². The monoisotopic (exact) mass is 286 g/mol. The molecule has 1 aromatic carbocycles. The fourth-order valence-electron chi connectivity index (χ4n) is 1.18. The predicted molar refractivity (Wildman–Crippen MR) is 60.1 cm³/mol. The molecule has 1 aromatic heterocycles. The first kappa shape index (κ1) is 10.5. The van der Waals surface area contributed by atoms with Gasteiger partial charge in [0, 0.05) is 16.2 Å². The number of hydrogen-bond donors (Lipinski definition) is 0. The molecule has 0 amide bonds. The first-order chi connectivity index (χ1) is 7.16. The molecule has 2 rings (SSSR count). The number of benzene rings is 1. The second kappa shape index (κ2) is 4.24. The van der Waals surface area contributed by atoms with Gasteiger partial charge in [-0.15, -0.1) is 0 Å². The average molecular weight is 288 g/mol. The highest BCUT2D eigenvalue weighted by atomic mass is 79.9. The van der Waals surface area contributed by atoms with E-state index < -0.39 is 0 Å². The molecule has 5 heteroatoms. The van der Waals surface area contributed by atoms with Gasteiger partial charge in [0.15, 0.2) is 0 Å². The largest absolute Gasteiger partial charge is 0.226 e. The molecule has 76 valence electrons. The number of nitrogens with zero attached hydrogens (tertiary/aromatic N) is 2. The van der Waals surface area contributed by atoms with Gasteiger partial charge in [-0.2, -0.15) is 0 Å². The van der Waals surface area contributed by atoms with E-state index in [1.165, 1.54) is 12.3 Å². The summed E-state index contributed by atoms with van der Waals surface area (Å²) < 4.78 is 14.2. The van der Waals surface area contributed by atoms with Crippen LogP contribution < -0.4 is 0 Å². The smallest absolute Gasteiger partial charge is 0.222 e. The van der Waals surface area contributed by atoms with Gasteiger partial charge in [0.1, 0.15) is 5.82 Å². The van der Waals surface area contributed by atoms with Crippen LogP contribution in [0.3, 0.4) is 0 Å². The van der Waals surface area contributed by atoms with Gasteiger partial charge in [-0.25, -0.2) is 14.4 Å². The van der Waals surface area contributed by atoms with Crippen LogP contribution in [0.15, 0.2) is 34.9 Å². The van der Waals surface area contributed by atoms with Crippen LogP contribution in [0.2, 0.25) is 5.28 Å². The van der Waals surface area contributed by atoms with Crippen LogP contribution in [0.1, 0.15) is 0 Å². The van der Waals surface area contributed by atoms with E-state index in [0.717, 1.165) is 4.47 Å². The average Bonchev–Trinajstić information content (AvgIpc) is 2.22. The molecular formula is C10H5BrClFN2. The van der Waals surface area contributed by atoms with Crippen molar-refractivity contribution in [2.45, 2.75) is 0 Å². The third-order valence-electron chi connectivity index (χ3n) is 1.83. The van der Waals surface area contributed by atoms with Gasteiger partial charge < -0.3 is 0 Å². The van der Waals surface area contributed by atoms with Crippen molar-refractivity contribution in [3.63, 3.8) is 0 Å². The summed E-state index contributed by atoms with van der Waals surface area (Å²) in [6, 6.07) is 6.25. The maximum Gasteiger partial charge on any atom is 0.222 e. The Morgan fingerprint density at radius 2 is 2.07 bits per heavy atom. The second-order valence-electron chi connectivity index (χ2n) is 2.84. The van der Waals surface area contributed by atoms with Crippen molar-refractivity contribution >= 4 is 27.5 Å². The van der Waals surface area contributed by atoms with Gasteiger partial charge in [0.05, 0.1) is 5.69 Å². The highest BCUT2D eigenvalue weighted by molar-refractivity contribution is 9.10. The van der Waals surface area contributed by atoms with E-state index in [1.54, 1.807) is 18.2 Å². The van der Waals surface area contributed by atoms with E-state index in [1.807, 2.05) is 0 Å². The molecule has 1 heterocycles. The molecule has 0 bridgehead atoms. The van der Waals surface area contributed by atoms with Crippen molar-refractivity contribution in [2.24, 2.45) is 0 Å². The molecule has 0 saturated heterocycles. The molecule has 0 N–H and O–H groups in total. The van der Waals surface area contributed by atoms with Crippen molar-refractivity contribution in [3.8, 4) is 11.3 Å². The third kappa shape index (κ3) is 2.33. The van der Waals surface area contributed by atoms with Crippen LogP contribution in [0, 0.1) is 5.82 Å². The summed E-state index contributed by atoms with van der Waals surface area (Å²) in [6.07, 6.45) is 1.49. The molecule has 0 aliphatic carbocycles. The van der Waals surface area contributed by atoms with Gasteiger partial charge >= 0.3 is 0 Å². The van der Waals surface area contributed by atoms with Gasteiger partial charge in [0.2, 0.25) is 5.28 Å². The van der Waals surface area contributed by atoms with Crippen LogP contribution in [-0.2, 0) is 0 Å². The molecule has 2 nitrogen and oxygen atoms in total. The molecule has 0 atom stereocenters. The van der Waals surface area contributed by atoms with Crippen LogP contribution >= 0.6 is 27.5 Å². The van der Waals surface area contributed by atoms with Gasteiger partial charge in [-0.05, 0) is 35.9 Å². The molecule has 0 spiro atoms. The Morgan fingerprint density at radius 3 is 2.80 bits per heavy atom. The highest BCUT2D eigenvalue weighted by Gasteiger charge is 2.07. The van der Waals surface area contributed by atoms with E-state index in [2.05, 4.69) is 25.9 Å². The zero-order chi connectivity index (χ0) is 10.8. The molecule has 0 saturated carbocycles. The summed E-state index contributed by atoms with van der Waals surface area (Å²) in [5.41, 5.74) is 0.863. The minimum Gasteiger partial charge on any atom is -0.226 e. The minimum atomic E-state index is -0.340. The lowest BCUT2D eigenvalue weighted by atomic mass is 10.1. The maximum absolute atomic E-state index is 13.5. The molecular weight excluding hydrogens is 282 g/mol. The summed E-state index contributed by atoms with van der Waals surface area (Å²) in [7, 11) is 0. The fourth-order valence-corrected chi connectivity index (χ4v) is 1.69. The topological polar surface area (TPSA) is 25.8 Å². The van der Waals surface area contributed by atoms with Crippen molar-refractivity contribution in [1.82, 2.24) is 9.97 Å². The summed E-state index contributed by atoms with van der Waals surface area (Å²) in [6.45, 7) is 0. The van der Waals surface area contributed by atoms with E-state index in [-0.39, 0.29) is 11.1 Å². The van der Waals surface area contributed by atoms with Gasteiger partial charge in [-0.1, -0.05) is 15.9 Å². The lowest BCUT2D eigenvalue weighted by molar-refractivity contribution is 0.630. The Kier molecular flexibility index (Phi) is 2.98. The Bertz CT molecular complexity index is 505. The van der Waals surface area contributed by atoms with E-state index in [0.29, 0.717) is 11.3 Å². The summed E-state index contributed by atoms with van der Waals surface area (Å²) in [5.74, 6) is -0.340. The predicted octanol–water partition coefficient (Wildman–Crippen LogP) is 3.70. The summed E-state index contributed by atoms with van der Waals surface area (Å²) in [5, 5.41) is 0.104. The molecule has 0 fully saturated rings. The number of halogens is 3. The Labute approximate surface area is 99.3 Å². The lowest BCUT2D eigenvalue weighted by Crippen LogP contribution is -1.89. The molecule has 2 aromatic rings. The minimum absolute atomic E-state index is 0.104. The van der Waals surface area contributed by atoms with Crippen molar-refractivity contribution < 1.29 is 4.39 Å². The first-order valence-electron chi connectivity index (χ1n) is 4.11. The normalized spacial score (nSPS) is 10.3. The summed E-state index contributed by atoms with van der Waals surface area (Å²) in [4.78, 5) is 7.68. The molecule has 15 heavy (non-hydrogen) atoms. The lowest BCUT2D eigenvalue weighted by Gasteiger charge is -2.02. The zero-order valence-corrected chi connectivity index (χ0v) is 9.76. The molecule has 0 radical (unpaired) electrons. The maximum atomic E-state index is 13.5. The second-order valence-corrected chi connectivity index (χ2v) is 4.09. The molecule has 0 aliphatic rings. The standard InChI is InChI=1S/C10H5BrClFN2/c11-6-1-2-8(13)7(5-6)9-3-4-14-10(12)15-9/h1-5H. The van der Waals surface area contributed by atoms with Gasteiger partial charge in [-0.3, -0.25) is 0 Å². The van der Waals surface area contributed by atoms with E-state index in [9.17, 15) is 4.39 Å². The Balaban J connectivity index is 2.58. The quantitative estimate of drug-likeness (QED) is 0.747. The number of rotatable bonds is 1. The van der Waals surface area contributed by atoms with Crippen LogP contribution in [0.4, 0.5) is 4.39 Å². The van der Waals surface area contributed by atoms with Gasteiger partial charge in [0.25, 0.3) is 0 Å². The Hall–Kier alpha value is -1.00. The molecule has 0 unspecified atom stereocenters. The third-order valence-corrected chi connectivity index (χ3v) is 2.51. The fraction of sp³-hybridized carbons (Fsp3) is 0. The number of hydrogen-bond acceptors (Lipinski definition) is 2. The SMILES string of the molecule is Fc1ccc(Br)cc1-c1ccnc(Cl)n1. The van der Waals surface area contributed by atoms with Crippen LogP contribution in [0.5, 0.6) is 0 Å². The van der Waals surface area contributed by atoms with Crippen molar-refractivity contribution in [2.75, 3.05) is 0 Å².